The normalized spacial score (nSPS) is 15.9. The van der Waals surface area contributed by atoms with Crippen LogP contribution in [0, 0.1) is 0 Å². The minimum Gasteiger partial charge on any atom is -0.352 e. The summed E-state index contributed by atoms with van der Waals surface area (Å²) in [6.07, 6.45) is 3.12. The van der Waals surface area contributed by atoms with E-state index in [1.165, 1.54) is 13.2 Å². The summed E-state index contributed by atoms with van der Waals surface area (Å²) in [4.78, 5) is 15.2. The minimum absolute atomic E-state index is 0.0363. The Hall–Kier alpha value is -0.700. The Bertz CT molecular complexity index is 553. The van der Waals surface area contributed by atoms with Crippen molar-refractivity contribution >= 4 is 38.9 Å². The van der Waals surface area contributed by atoms with Gasteiger partial charge in [0.15, 0.2) is 8.68 Å². The fourth-order valence-electron chi connectivity index (χ4n) is 1.30. The van der Waals surface area contributed by atoms with Gasteiger partial charge in [0.1, 0.15) is 0 Å². The molecule has 0 spiro atoms. The summed E-state index contributed by atoms with van der Waals surface area (Å²) in [5.41, 5.74) is 0. The first-order valence-corrected chi connectivity index (χ1v) is 7.90. The van der Waals surface area contributed by atoms with Crippen LogP contribution >= 0.6 is 22.9 Å². The molecule has 0 atom stereocenters. The maximum Gasteiger partial charge on any atom is 0.254 e. The third-order valence-electron chi connectivity index (χ3n) is 2.43. The van der Waals surface area contributed by atoms with Gasteiger partial charge in [0.25, 0.3) is 10.0 Å². The summed E-state index contributed by atoms with van der Waals surface area (Å²) in [6.45, 7) is -0.200. The van der Waals surface area contributed by atoms with Gasteiger partial charge in [-0.1, -0.05) is 22.9 Å². The molecule has 1 N–H and O–H groups in total. The van der Waals surface area contributed by atoms with E-state index in [0.717, 1.165) is 28.5 Å². The number of nitrogens with one attached hydrogen (secondary N) is 1. The number of nitrogens with zero attached hydrogens (tertiary/aromatic N) is 2. The summed E-state index contributed by atoms with van der Waals surface area (Å²) in [7, 11) is -2.33. The van der Waals surface area contributed by atoms with Gasteiger partial charge in [0.05, 0.1) is 12.7 Å². The Morgan fingerprint density at radius 1 is 1.67 bits per heavy atom. The third kappa shape index (κ3) is 3.19. The summed E-state index contributed by atoms with van der Waals surface area (Å²) in [6, 6.07) is 0.214. The van der Waals surface area contributed by atoms with Crippen LogP contribution in [0.25, 0.3) is 0 Å². The van der Waals surface area contributed by atoms with Gasteiger partial charge in [-0.05, 0) is 12.8 Å². The van der Waals surface area contributed by atoms with E-state index in [-0.39, 0.29) is 27.2 Å². The molecule has 0 aromatic carbocycles. The lowest BCUT2D eigenvalue weighted by Gasteiger charge is -2.15. The van der Waals surface area contributed by atoms with E-state index in [4.69, 9.17) is 11.6 Å². The van der Waals surface area contributed by atoms with Crippen molar-refractivity contribution < 1.29 is 13.2 Å². The molecule has 1 aromatic heterocycles. The second-order valence-corrected chi connectivity index (χ2v) is 7.92. The van der Waals surface area contributed by atoms with Gasteiger partial charge >= 0.3 is 0 Å². The molecule has 0 unspecified atom stereocenters. The van der Waals surface area contributed by atoms with E-state index in [1.54, 1.807) is 0 Å². The van der Waals surface area contributed by atoms with E-state index in [1.807, 2.05) is 0 Å². The predicted octanol–water partition coefficient (Wildman–Crippen LogP) is 0.696. The van der Waals surface area contributed by atoms with Crippen molar-refractivity contribution in [2.24, 2.45) is 0 Å². The van der Waals surface area contributed by atoms with Crippen molar-refractivity contribution in [1.82, 2.24) is 14.6 Å². The minimum atomic E-state index is -3.68. The molecule has 1 fully saturated rings. The summed E-state index contributed by atoms with van der Waals surface area (Å²) < 4.78 is 25.3. The summed E-state index contributed by atoms with van der Waals surface area (Å²) in [5.74, 6) is -0.292. The first kappa shape index (κ1) is 13.7. The Morgan fingerprint density at radius 3 is 2.83 bits per heavy atom. The molecule has 1 aromatic rings. The zero-order valence-electron chi connectivity index (χ0n) is 9.59. The Labute approximate surface area is 114 Å². The molecular weight excluding hydrogens is 298 g/mol. The van der Waals surface area contributed by atoms with Crippen LogP contribution in [0.5, 0.6) is 0 Å². The van der Waals surface area contributed by atoms with E-state index >= 15 is 0 Å². The molecular formula is C9H12ClN3O3S2. The molecule has 1 amide bonds. The van der Waals surface area contributed by atoms with Gasteiger partial charge in [-0.25, -0.2) is 13.4 Å². The molecule has 2 rings (SSSR count). The fourth-order valence-corrected chi connectivity index (χ4v) is 3.93. The summed E-state index contributed by atoms with van der Waals surface area (Å²) in [5, 5.41) is 2.73. The number of amides is 1. The fraction of sp³-hybridized carbons (Fsp3) is 0.556. The number of sulfonamides is 1. The maximum atomic E-state index is 12.0. The average Bonchev–Trinajstić information content (AvgIpc) is 2.96. The van der Waals surface area contributed by atoms with Crippen molar-refractivity contribution in [3.63, 3.8) is 0 Å². The second-order valence-electron chi connectivity index (χ2n) is 4.04. The first-order chi connectivity index (χ1) is 8.39. The monoisotopic (exact) mass is 309 g/mol. The van der Waals surface area contributed by atoms with Crippen molar-refractivity contribution in [2.75, 3.05) is 13.6 Å². The van der Waals surface area contributed by atoms with E-state index in [9.17, 15) is 13.2 Å². The number of carbonyl (C=O) groups excluding carboxylic acids is 1. The number of aromatic nitrogens is 1. The van der Waals surface area contributed by atoms with Gasteiger partial charge in [-0.2, -0.15) is 4.31 Å². The van der Waals surface area contributed by atoms with Crippen LogP contribution in [-0.4, -0.2) is 43.2 Å². The van der Waals surface area contributed by atoms with E-state index in [0.29, 0.717) is 0 Å². The van der Waals surface area contributed by atoms with Crippen LogP contribution in [0.1, 0.15) is 12.8 Å². The first-order valence-electron chi connectivity index (χ1n) is 5.26. The van der Waals surface area contributed by atoms with Gasteiger partial charge in [0.2, 0.25) is 5.91 Å². The molecule has 6 nitrogen and oxygen atoms in total. The number of likely N-dealkylation sites (N-methyl/N-ethyl adjacent to an activating group) is 1. The Kier molecular flexibility index (Phi) is 3.90. The van der Waals surface area contributed by atoms with Crippen LogP contribution in [0.2, 0.25) is 4.47 Å². The zero-order valence-corrected chi connectivity index (χ0v) is 12.0. The van der Waals surface area contributed by atoms with Gasteiger partial charge < -0.3 is 5.32 Å². The van der Waals surface area contributed by atoms with Gasteiger partial charge in [0, 0.05) is 13.1 Å². The lowest BCUT2D eigenvalue weighted by atomic mass is 10.5. The number of hydrogen-bond donors (Lipinski definition) is 1. The maximum absolute atomic E-state index is 12.0. The average molecular weight is 310 g/mol. The number of halogens is 1. The molecule has 0 bridgehead atoms. The molecule has 0 saturated heterocycles. The van der Waals surface area contributed by atoms with Crippen molar-refractivity contribution in [1.29, 1.82) is 0 Å². The molecule has 1 heterocycles. The van der Waals surface area contributed by atoms with Crippen LogP contribution in [0.4, 0.5) is 0 Å². The molecule has 0 radical (unpaired) electrons. The number of thiazole rings is 1. The van der Waals surface area contributed by atoms with Gasteiger partial charge in [-0.3, -0.25) is 4.79 Å². The van der Waals surface area contributed by atoms with Crippen LogP contribution in [0.3, 0.4) is 0 Å². The lowest BCUT2D eigenvalue weighted by Crippen LogP contribution is -2.38. The highest BCUT2D eigenvalue weighted by atomic mass is 35.5. The zero-order chi connectivity index (χ0) is 13.3. The number of hydrogen-bond acceptors (Lipinski definition) is 5. The Morgan fingerprint density at radius 2 is 2.33 bits per heavy atom. The Balaban J connectivity index is 2.02. The topological polar surface area (TPSA) is 79.4 Å². The highest BCUT2D eigenvalue weighted by Crippen LogP contribution is 2.25. The van der Waals surface area contributed by atoms with Gasteiger partial charge in [-0.15, -0.1) is 0 Å². The quantitative estimate of drug-likeness (QED) is 0.868. The molecule has 1 saturated carbocycles. The van der Waals surface area contributed by atoms with Crippen molar-refractivity contribution in [3.05, 3.63) is 10.7 Å². The molecule has 9 heteroatoms. The number of rotatable bonds is 5. The molecule has 18 heavy (non-hydrogen) atoms. The molecule has 0 aliphatic heterocycles. The standard InChI is InChI=1S/C9H12ClN3O3S2/c1-13(5-7(14)12-6-2-3-6)18(15,16)8-4-11-9(10)17-8/h4,6H,2-3,5H2,1H3,(H,12,14). The highest BCUT2D eigenvalue weighted by molar-refractivity contribution is 7.91. The SMILES string of the molecule is CN(CC(=O)NC1CC1)S(=O)(=O)c1cnc(Cl)s1. The largest absolute Gasteiger partial charge is 0.352 e. The smallest absolute Gasteiger partial charge is 0.254 e. The number of carbonyl (C=O) groups is 1. The van der Waals surface area contributed by atoms with E-state index < -0.39 is 10.0 Å². The van der Waals surface area contributed by atoms with Crippen molar-refractivity contribution in [3.8, 4) is 0 Å². The molecule has 1 aliphatic carbocycles. The lowest BCUT2D eigenvalue weighted by molar-refractivity contribution is -0.121. The van der Waals surface area contributed by atoms with Crippen molar-refractivity contribution in [2.45, 2.75) is 23.1 Å². The van der Waals surface area contributed by atoms with Crippen LogP contribution in [-0.2, 0) is 14.8 Å². The third-order valence-corrected chi connectivity index (χ3v) is 5.78. The summed E-state index contributed by atoms with van der Waals surface area (Å²) >= 11 is 6.47. The second kappa shape index (κ2) is 5.12. The predicted molar refractivity (Wildman–Crippen MR) is 68.1 cm³/mol. The molecule has 100 valence electrons. The highest BCUT2D eigenvalue weighted by Gasteiger charge is 2.28. The molecule has 1 aliphatic rings. The van der Waals surface area contributed by atoms with Crippen LogP contribution < -0.4 is 5.32 Å². The van der Waals surface area contributed by atoms with E-state index in [2.05, 4.69) is 10.3 Å². The van der Waals surface area contributed by atoms with Crippen LogP contribution in [0.15, 0.2) is 10.4 Å².